The van der Waals surface area contributed by atoms with Gasteiger partial charge in [0.1, 0.15) is 5.25 Å². The van der Waals surface area contributed by atoms with Crippen molar-refractivity contribution in [3.63, 3.8) is 0 Å². The van der Waals surface area contributed by atoms with E-state index in [2.05, 4.69) is 0 Å². The Balaban J connectivity index is 1.64. The van der Waals surface area contributed by atoms with Crippen molar-refractivity contribution in [2.45, 2.75) is 41.6 Å². The number of sulfone groups is 1. The average molecular weight is 446 g/mol. The minimum atomic E-state index is -3.10. The molecule has 2 saturated heterocycles. The Kier molecular flexibility index (Phi) is 6.80. The first-order valence-corrected chi connectivity index (χ1v) is 13.1. The maximum Gasteiger partial charge on any atom is 0.240 e. The Morgan fingerprint density at radius 1 is 1.07 bits per heavy atom. The fourth-order valence-electron chi connectivity index (χ4n) is 4.12. The van der Waals surface area contributed by atoms with E-state index >= 15 is 0 Å². The summed E-state index contributed by atoms with van der Waals surface area (Å²) < 4.78 is 30.1. The molecule has 2 aliphatic heterocycles. The van der Waals surface area contributed by atoms with Crippen LogP contribution in [0.4, 0.5) is 0 Å². The molecule has 2 fully saturated rings. The molecule has 5 nitrogen and oxygen atoms in total. The molecule has 0 unspecified atom stereocenters. The number of benzene rings is 2. The summed E-state index contributed by atoms with van der Waals surface area (Å²) in [6.45, 7) is 1.16. The lowest BCUT2D eigenvalue weighted by atomic mass is 10.1. The third-order valence-corrected chi connectivity index (χ3v) is 8.68. The Morgan fingerprint density at radius 3 is 2.37 bits per heavy atom. The predicted molar refractivity (Wildman–Crippen MR) is 119 cm³/mol. The number of thioether (sulfide) groups is 1. The quantitative estimate of drug-likeness (QED) is 0.608. The summed E-state index contributed by atoms with van der Waals surface area (Å²) in [5, 5.41) is -0.432. The highest BCUT2D eigenvalue weighted by Gasteiger charge is 2.39. The smallest absolute Gasteiger partial charge is 0.240 e. The SMILES string of the molecule is O=C([C@H](Sc1ccccc1)c1ccccc1)N(C[C@H]1CCCO1)[C@H]1CCS(=O)(=O)C1. The van der Waals surface area contributed by atoms with Crippen LogP contribution in [0.25, 0.3) is 0 Å². The zero-order valence-electron chi connectivity index (χ0n) is 16.9. The minimum absolute atomic E-state index is 0.0181. The van der Waals surface area contributed by atoms with Crippen LogP contribution < -0.4 is 0 Å². The molecule has 0 N–H and O–H groups in total. The Morgan fingerprint density at radius 2 is 1.77 bits per heavy atom. The molecule has 4 rings (SSSR count). The van der Waals surface area contributed by atoms with Crippen molar-refractivity contribution in [3.05, 3.63) is 66.2 Å². The van der Waals surface area contributed by atoms with Crippen LogP contribution in [0.5, 0.6) is 0 Å². The lowest BCUT2D eigenvalue weighted by molar-refractivity contribution is -0.134. The predicted octanol–water partition coefficient (Wildman–Crippen LogP) is 3.71. The van der Waals surface area contributed by atoms with Crippen LogP contribution in [0.3, 0.4) is 0 Å². The van der Waals surface area contributed by atoms with E-state index in [1.165, 1.54) is 11.8 Å². The van der Waals surface area contributed by atoms with Crippen LogP contribution in [0.15, 0.2) is 65.6 Å². The third kappa shape index (κ3) is 5.25. The van der Waals surface area contributed by atoms with Gasteiger partial charge in [-0.1, -0.05) is 48.5 Å². The first-order chi connectivity index (χ1) is 14.5. The summed E-state index contributed by atoms with van der Waals surface area (Å²) in [7, 11) is -3.10. The lowest BCUT2D eigenvalue weighted by Gasteiger charge is -2.33. The number of ether oxygens (including phenoxy) is 1. The van der Waals surface area contributed by atoms with Crippen LogP contribution in [0.1, 0.15) is 30.1 Å². The second-order valence-corrected chi connectivity index (χ2v) is 11.3. The molecule has 3 atom stereocenters. The van der Waals surface area contributed by atoms with E-state index in [0.717, 1.165) is 23.3 Å². The van der Waals surface area contributed by atoms with Crippen molar-refractivity contribution in [2.75, 3.05) is 24.7 Å². The highest BCUT2D eigenvalue weighted by Crippen LogP contribution is 2.38. The van der Waals surface area contributed by atoms with Gasteiger partial charge < -0.3 is 9.64 Å². The second kappa shape index (κ2) is 9.54. The highest BCUT2D eigenvalue weighted by atomic mass is 32.2. The van der Waals surface area contributed by atoms with Crippen LogP contribution in [0.2, 0.25) is 0 Å². The molecular formula is C23H27NO4S2. The van der Waals surface area contributed by atoms with Gasteiger partial charge in [-0.25, -0.2) is 8.42 Å². The first-order valence-electron chi connectivity index (χ1n) is 10.4. The number of hydrogen-bond acceptors (Lipinski definition) is 5. The highest BCUT2D eigenvalue weighted by molar-refractivity contribution is 8.00. The van der Waals surface area contributed by atoms with E-state index in [4.69, 9.17) is 4.74 Å². The lowest BCUT2D eigenvalue weighted by Crippen LogP contribution is -2.46. The van der Waals surface area contributed by atoms with Crippen molar-refractivity contribution in [3.8, 4) is 0 Å². The van der Waals surface area contributed by atoms with Crippen LogP contribution in [-0.4, -0.2) is 56.0 Å². The molecule has 0 saturated carbocycles. The molecule has 0 radical (unpaired) electrons. The standard InChI is InChI=1S/C23H27NO4S2/c25-23(22(18-8-3-1-4-9-18)29-21-11-5-2-6-12-21)24(16-20-10-7-14-28-20)19-13-15-30(26,27)17-19/h1-6,8-9,11-12,19-20,22H,7,10,13-17H2/t19-,20+,22+/m0/s1. The van der Waals surface area contributed by atoms with Crippen molar-refractivity contribution in [2.24, 2.45) is 0 Å². The fourth-order valence-corrected chi connectivity index (χ4v) is 6.97. The Hall–Kier alpha value is -1.83. The molecular weight excluding hydrogens is 418 g/mol. The minimum Gasteiger partial charge on any atom is -0.376 e. The normalized spacial score (nSPS) is 23.9. The van der Waals surface area contributed by atoms with Crippen molar-refractivity contribution >= 4 is 27.5 Å². The number of amides is 1. The number of carbonyl (C=O) groups excluding carboxylic acids is 1. The van der Waals surface area contributed by atoms with E-state index in [-0.39, 0.29) is 29.6 Å². The largest absolute Gasteiger partial charge is 0.376 e. The molecule has 160 valence electrons. The van der Waals surface area contributed by atoms with Gasteiger partial charge in [0.05, 0.1) is 17.6 Å². The molecule has 1 amide bonds. The van der Waals surface area contributed by atoms with Gasteiger partial charge in [-0.2, -0.15) is 0 Å². The molecule has 2 aromatic carbocycles. The van der Waals surface area contributed by atoms with E-state index in [1.54, 1.807) is 4.90 Å². The summed E-state index contributed by atoms with van der Waals surface area (Å²) in [5.74, 6) is 0.158. The molecule has 30 heavy (non-hydrogen) atoms. The number of nitrogens with zero attached hydrogens (tertiary/aromatic N) is 1. The molecule has 7 heteroatoms. The van der Waals surface area contributed by atoms with Gasteiger partial charge in [-0.3, -0.25) is 4.79 Å². The maximum absolute atomic E-state index is 13.9. The van der Waals surface area contributed by atoms with Crippen molar-refractivity contribution in [1.82, 2.24) is 4.90 Å². The van der Waals surface area contributed by atoms with Gasteiger partial charge in [0.2, 0.25) is 5.91 Å². The Labute approximate surface area is 182 Å². The summed E-state index contributed by atoms with van der Waals surface area (Å²) >= 11 is 1.51. The van der Waals surface area contributed by atoms with Gasteiger partial charge in [0.25, 0.3) is 0 Å². The number of carbonyl (C=O) groups is 1. The maximum atomic E-state index is 13.9. The zero-order valence-corrected chi connectivity index (χ0v) is 18.5. The van der Waals surface area contributed by atoms with E-state index in [0.29, 0.717) is 19.6 Å². The Bertz CT molecular complexity index is 944. The van der Waals surface area contributed by atoms with Crippen LogP contribution in [0, 0.1) is 0 Å². The monoisotopic (exact) mass is 445 g/mol. The van der Waals surface area contributed by atoms with Crippen molar-refractivity contribution in [1.29, 1.82) is 0 Å². The van der Waals surface area contributed by atoms with Crippen LogP contribution >= 0.6 is 11.8 Å². The molecule has 0 aliphatic carbocycles. The van der Waals surface area contributed by atoms with Gasteiger partial charge in [0, 0.05) is 24.1 Å². The summed E-state index contributed by atoms with van der Waals surface area (Å²) in [6.07, 6.45) is 2.37. The summed E-state index contributed by atoms with van der Waals surface area (Å²) in [6, 6.07) is 19.3. The van der Waals surface area contributed by atoms with E-state index in [9.17, 15) is 13.2 Å². The summed E-state index contributed by atoms with van der Waals surface area (Å²) in [5.41, 5.74) is 0.926. The summed E-state index contributed by atoms with van der Waals surface area (Å²) in [4.78, 5) is 16.7. The molecule has 0 spiro atoms. The van der Waals surface area contributed by atoms with Crippen molar-refractivity contribution < 1.29 is 17.9 Å². The first kappa shape index (κ1) is 21.4. The van der Waals surface area contributed by atoms with Gasteiger partial charge in [0.15, 0.2) is 9.84 Å². The molecule has 2 aliphatic rings. The zero-order chi connectivity index (χ0) is 21.0. The molecule has 0 aromatic heterocycles. The number of hydrogen-bond donors (Lipinski definition) is 0. The average Bonchev–Trinajstić information content (AvgIpc) is 3.40. The van der Waals surface area contributed by atoms with Gasteiger partial charge >= 0.3 is 0 Å². The molecule has 2 heterocycles. The van der Waals surface area contributed by atoms with Gasteiger partial charge in [-0.05, 0) is 37.0 Å². The second-order valence-electron chi connectivity index (χ2n) is 7.90. The third-order valence-electron chi connectivity index (χ3n) is 5.68. The van der Waals surface area contributed by atoms with Gasteiger partial charge in [-0.15, -0.1) is 11.8 Å². The fraction of sp³-hybridized carbons (Fsp3) is 0.435. The van der Waals surface area contributed by atoms with E-state index < -0.39 is 15.1 Å². The van der Waals surface area contributed by atoms with Crippen LogP contribution in [-0.2, 0) is 19.4 Å². The van der Waals surface area contributed by atoms with E-state index in [1.807, 2.05) is 60.7 Å². The number of rotatable bonds is 7. The molecule has 2 aromatic rings. The topological polar surface area (TPSA) is 63.7 Å². The molecule has 0 bridgehead atoms.